The van der Waals surface area contributed by atoms with Crippen LogP contribution in [0.25, 0.3) is 10.8 Å². The van der Waals surface area contributed by atoms with E-state index < -0.39 is 10.0 Å². The molecule has 6 heteroatoms. The molecule has 0 unspecified atom stereocenters. The van der Waals surface area contributed by atoms with E-state index in [4.69, 9.17) is 4.74 Å². The number of benzene rings is 2. The molecule has 0 aliphatic rings. The minimum absolute atomic E-state index is 0.167. The van der Waals surface area contributed by atoms with E-state index in [2.05, 4.69) is 9.71 Å². The summed E-state index contributed by atoms with van der Waals surface area (Å²) in [5.41, 5.74) is 0.796. The number of pyridine rings is 1. The molecule has 0 fully saturated rings. The van der Waals surface area contributed by atoms with Crippen LogP contribution in [0.4, 0.5) is 0 Å². The molecule has 0 aliphatic carbocycles. The molecule has 3 aromatic rings. The molecule has 124 valence electrons. The molecule has 0 saturated carbocycles. The minimum Gasteiger partial charge on any atom is -0.494 e. The van der Waals surface area contributed by atoms with Crippen molar-refractivity contribution in [2.24, 2.45) is 0 Å². The lowest BCUT2D eigenvalue weighted by Gasteiger charge is -2.12. The fourth-order valence-corrected chi connectivity index (χ4v) is 3.76. The number of para-hydroxylation sites is 1. The summed E-state index contributed by atoms with van der Waals surface area (Å²) in [5, 5.41) is 1.44. The summed E-state index contributed by atoms with van der Waals surface area (Å²) in [7, 11) is -3.65. The average Bonchev–Trinajstić information content (AvgIpc) is 2.61. The monoisotopic (exact) mass is 342 g/mol. The highest BCUT2D eigenvalue weighted by molar-refractivity contribution is 7.89. The van der Waals surface area contributed by atoms with Crippen LogP contribution in [0.5, 0.6) is 5.75 Å². The Labute approximate surface area is 141 Å². The Kier molecular flexibility index (Phi) is 4.78. The number of hydrogen-bond donors (Lipinski definition) is 1. The second kappa shape index (κ2) is 6.98. The molecule has 3 rings (SSSR count). The lowest BCUT2D eigenvalue weighted by Crippen LogP contribution is -2.23. The predicted molar refractivity (Wildman–Crippen MR) is 93.4 cm³/mol. The number of nitrogens with one attached hydrogen (secondary N) is 1. The standard InChI is InChI=1S/C18H18N2O3S/c1-2-23-17-8-4-3-6-15(17)13-20-24(21,22)18-9-5-7-14-12-19-11-10-16(14)18/h3-12,20H,2,13H2,1H3. The highest BCUT2D eigenvalue weighted by atomic mass is 32.2. The van der Waals surface area contributed by atoms with Crippen molar-refractivity contribution in [1.82, 2.24) is 9.71 Å². The maximum atomic E-state index is 12.7. The Morgan fingerprint density at radius 2 is 1.92 bits per heavy atom. The van der Waals surface area contributed by atoms with Gasteiger partial charge in [0.2, 0.25) is 10.0 Å². The number of nitrogens with zero attached hydrogens (tertiary/aromatic N) is 1. The molecular weight excluding hydrogens is 324 g/mol. The topological polar surface area (TPSA) is 68.3 Å². The summed E-state index contributed by atoms with van der Waals surface area (Å²) < 4.78 is 33.6. The van der Waals surface area contributed by atoms with Crippen LogP contribution in [0.1, 0.15) is 12.5 Å². The Bertz CT molecular complexity index is 950. The van der Waals surface area contributed by atoms with Crippen molar-refractivity contribution in [3.05, 3.63) is 66.5 Å². The van der Waals surface area contributed by atoms with Gasteiger partial charge in [-0.1, -0.05) is 30.3 Å². The van der Waals surface area contributed by atoms with Gasteiger partial charge in [0.15, 0.2) is 0 Å². The van der Waals surface area contributed by atoms with E-state index in [1.807, 2.05) is 37.3 Å². The molecule has 24 heavy (non-hydrogen) atoms. The van der Waals surface area contributed by atoms with Crippen LogP contribution in [0.2, 0.25) is 0 Å². The SMILES string of the molecule is CCOc1ccccc1CNS(=O)(=O)c1cccc2cnccc12. The third-order valence-corrected chi connectivity index (χ3v) is 5.11. The van der Waals surface area contributed by atoms with E-state index in [9.17, 15) is 8.42 Å². The fraction of sp³-hybridized carbons (Fsp3) is 0.167. The van der Waals surface area contributed by atoms with E-state index >= 15 is 0 Å². The number of hydrogen-bond acceptors (Lipinski definition) is 4. The second-order valence-corrected chi connectivity index (χ2v) is 6.95. The molecule has 5 nitrogen and oxygen atoms in total. The first kappa shape index (κ1) is 16.4. The Balaban J connectivity index is 1.89. The van der Waals surface area contributed by atoms with Gasteiger partial charge >= 0.3 is 0 Å². The molecule has 0 aliphatic heterocycles. The van der Waals surface area contributed by atoms with E-state index in [-0.39, 0.29) is 11.4 Å². The molecule has 1 N–H and O–H groups in total. The number of ether oxygens (including phenoxy) is 1. The van der Waals surface area contributed by atoms with Crippen molar-refractivity contribution >= 4 is 20.8 Å². The van der Waals surface area contributed by atoms with Gasteiger partial charge in [-0.25, -0.2) is 13.1 Å². The average molecular weight is 342 g/mol. The first-order chi connectivity index (χ1) is 11.6. The van der Waals surface area contributed by atoms with Gasteiger partial charge < -0.3 is 4.74 Å². The Morgan fingerprint density at radius 3 is 2.75 bits per heavy atom. The van der Waals surface area contributed by atoms with Gasteiger partial charge in [-0.2, -0.15) is 0 Å². The fourth-order valence-electron chi connectivity index (χ4n) is 2.52. The van der Waals surface area contributed by atoms with Crippen LogP contribution in [-0.2, 0) is 16.6 Å². The smallest absolute Gasteiger partial charge is 0.241 e. The normalized spacial score (nSPS) is 11.5. The van der Waals surface area contributed by atoms with Crippen molar-refractivity contribution in [3.8, 4) is 5.75 Å². The third-order valence-electron chi connectivity index (χ3n) is 3.66. The first-order valence-corrected chi connectivity index (χ1v) is 9.13. The van der Waals surface area contributed by atoms with Gasteiger partial charge in [0.05, 0.1) is 11.5 Å². The molecule has 0 spiro atoms. The number of sulfonamides is 1. The molecule has 0 radical (unpaired) electrons. The lowest BCUT2D eigenvalue weighted by atomic mass is 10.2. The summed E-state index contributed by atoms with van der Waals surface area (Å²) in [4.78, 5) is 4.28. The zero-order valence-electron chi connectivity index (χ0n) is 13.3. The molecule has 0 atom stereocenters. The van der Waals surface area contributed by atoms with Gasteiger partial charge in [-0.3, -0.25) is 4.98 Å². The van der Waals surface area contributed by atoms with Crippen molar-refractivity contribution in [3.63, 3.8) is 0 Å². The quantitative estimate of drug-likeness (QED) is 0.747. The highest BCUT2D eigenvalue weighted by Gasteiger charge is 2.17. The summed E-state index contributed by atoms with van der Waals surface area (Å²) in [6, 6.07) is 14.3. The second-order valence-electron chi connectivity index (χ2n) is 5.22. The number of fused-ring (bicyclic) bond motifs is 1. The molecule has 0 amide bonds. The van der Waals surface area contributed by atoms with Crippen LogP contribution in [0.15, 0.2) is 65.8 Å². The minimum atomic E-state index is -3.65. The predicted octanol–water partition coefficient (Wildman–Crippen LogP) is 3.11. The molecule has 1 aromatic heterocycles. The van der Waals surface area contributed by atoms with Crippen molar-refractivity contribution in [1.29, 1.82) is 0 Å². The molecule has 0 bridgehead atoms. The first-order valence-electron chi connectivity index (χ1n) is 7.65. The third kappa shape index (κ3) is 3.39. The zero-order valence-corrected chi connectivity index (χ0v) is 14.1. The number of rotatable bonds is 6. The van der Waals surface area contributed by atoms with Crippen LogP contribution >= 0.6 is 0 Å². The van der Waals surface area contributed by atoms with Gasteiger partial charge in [-0.05, 0) is 25.1 Å². The van der Waals surface area contributed by atoms with Crippen molar-refractivity contribution in [2.45, 2.75) is 18.4 Å². The summed E-state index contributed by atoms with van der Waals surface area (Å²) in [6.07, 6.45) is 3.24. The van der Waals surface area contributed by atoms with Crippen LogP contribution < -0.4 is 9.46 Å². The van der Waals surface area contributed by atoms with E-state index in [0.717, 1.165) is 10.9 Å². The van der Waals surface area contributed by atoms with Gasteiger partial charge in [0.1, 0.15) is 5.75 Å². The molecular formula is C18H18N2O3S. The van der Waals surface area contributed by atoms with Crippen molar-refractivity contribution < 1.29 is 13.2 Å². The van der Waals surface area contributed by atoms with E-state index in [1.54, 1.807) is 30.6 Å². The van der Waals surface area contributed by atoms with Crippen LogP contribution in [0.3, 0.4) is 0 Å². The Hall–Kier alpha value is -2.44. The summed E-state index contributed by atoms with van der Waals surface area (Å²) in [5.74, 6) is 0.685. The largest absolute Gasteiger partial charge is 0.494 e. The van der Waals surface area contributed by atoms with Gasteiger partial charge in [0, 0.05) is 35.3 Å². The summed E-state index contributed by atoms with van der Waals surface area (Å²) >= 11 is 0. The van der Waals surface area contributed by atoms with Crippen LogP contribution in [-0.4, -0.2) is 20.0 Å². The maximum Gasteiger partial charge on any atom is 0.241 e. The Morgan fingerprint density at radius 1 is 1.08 bits per heavy atom. The van der Waals surface area contributed by atoms with Gasteiger partial charge in [0.25, 0.3) is 0 Å². The van der Waals surface area contributed by atoms with Gasteiger partial charge in [-0.15, -0.1) is 0 Å². The van der Waals surface area contributed by atoms with Crippen molar-refractivity contribution in [2.75, 3.05) is 6.61 Å². The molecule has 0 saturated heterocycles. The van der Waals surface area contributed by atoms with E-state index in [1.165, 1.54) is 0 Å². The number of aromatic nitrogens is 1. The lowest BCUT2D eigenvalue weighted by molar-refractivity contribution is 0.336. The van der Waals surface area contributed by atoms with E-state index in [0.29, 0.717) is 17.7 Å². The molecule has 1 heterocycles. The summed E-state index contributed by atoms with van der Waals surface area (Å²) in [6.45, 7) is 2.59. The zero-order chi connectivity index (χ0) is 17.0. The van der Waals surface area contributed by atoms with Crippen LogP contribution in [0, 0.1) is 0 Å². The molecule has 2 aromatic carbocycles. The highest BCUT2D eigenvalue weighted by Crippen LogP contribution is 2.23. The maximum absolute atomic E-state index is 12.7.